The van der Waals surface area contributed by atoms with E-state index in [0.29, 0.717) is 12.8 Å². The lowest BCUT2D eigenvalue weighted by Crippen LogP contribution is -2.44. The molecule has 8 heteroatoms. The fourth-order valence-electron chi connectivity index (χ4n) is 4.60. The van der Waals surface area contributed by atoms with Crippen molar-refractivity contribution in [3.63, 3.8) is 0 Å². The van der Waals surface area contributed by atoms with Gasteiger partial charge in [-0.25, -0.2) is 13.2 Å². The number of phenols is 1. The molecular weight excluding hydrogens is 411 g/mol. The third kappa shape index (κ3) is 2.92. The van der Waals surface area contributed by atoms with Crippen LogP contribution in [0.25, 0.3) is 10.9 Å². The van der Waals surface area contributed by atoms with Gasteiger partial charge in [-0.2, -0.15) is 0 Å². The summed E-state index contributed by atoms with van der Waals surface area (Å²) < 4.78 is 44.1. The number of halogens is 3. The van der Waals surface area contributed by atoms with Crippen LogP contribution in [0.2, 0.25) is 0 Å². The number of aromatic hydroxyl groups is 1. The monoisotopic (exact) mass is 431 g/mol. The molecule has 0 bridgehead atoms. The Hall–Kier alpha value is -3.29. The third-order valence-corrected chi connectivity index (χ3v) is 6.52. The molecule has 0 saturated heterocycles. The fourth-order valence-corrected chi connectivity index (χ4v) is 4.60. The van der Waals surface area contributed by atoms with Crippen LogP contribution in [0.3, 0.4) is 0 Å². The largest absolute Gasteiger partial charge is 0.503 e. The number of carboxylic acids is 1. The van der Waals surface area contributed by atoms with Gasteiger partial charge in [0.1, 0.15) is 5.82 Å². The summed E-state index contributed by atoms with van der Waals surface area (Å²) in [7, 11) is 0. The lowest BCUT2D eigenvalue weighted by atomic mass is 9.62. The van der Waals surface area contributed by atoms with Gasteiger partial charge < -0.3 is 10.2 Å². The van der Waals surface area contributed by atoms with E-state index in [0.717, 1.165) is 29.2 Å². The summed E-state index contributed by atoms with van der Waals surface area (Å²) in [6.45, 7) is 2.90. The van der Waals surface area contributed by atoms with Gasteiger partial charge in [0, 0.05) is 28.3 Å². The van der Waals surface area contributed by atoms with Crippen molar-refractivity contribution in [2.75, 3.05) is 0 Å². The molecule has 2 N–H and O–H groups in total. The van der Waals surface area contributed by atoms with Crippen molar-refractivity contribution in [3.8, 4) is 5.75 Å². The highest BCUT2D eigenvalue weighted by molar-refractivity contribution is 6.06. The summed E-state index contributed by atoms with van der Waals surface area (Å²) in [5.41, 5.74) is -1.75. The van der Waals surface area contributed by atoms with Gasteiger partial charge in [0.15, 0.2) is 17.4 Å². The van der Waals surface area contributed by atoms with E-state index in [1.54, 1.807) is 0 Å². The van der Waals surface area contributed by atoms with E-state index in [1.165, 1.54) is 26.0 Å². The fraction of sp³-hybridized carbons (Fsp3) is 0.304. The first-order valence-corrected chi connectivity index (χ1v) is 9.85. The second-order valence-corrected chi connectivity index (χ2v) is 8.16. The Labute approximate surface area is 175 Å². The van der Waals surface area contributed by atoms with Crippen molar-refractivity contribution in [3.05, 3.63) is 64.6 Å². The predicted molar refractivity (Wildman–Crippen MR) is 107 cm³/mol. The van der Waals surface area contributed by atoms with Crippen LogP contribution in [0, 0.1) is 30.3 Å². The van der Waals surface area contributed by atoms with Crippen LogP contribution in [0.15, 0.2) is 30.3 Å². The van der Waals surface area contributed by atoms with Crippen molar-refractivity contribution < 1.29 is 33.0 Å². The Kier molecular flexibility index (Phi) is 4.83. The van der Waals surface area contributed by atoms with Crippen LogP contribution in [-0.2, 0) is 10.2 Å². The molecule has 1 fully saturated rings. The molecule has 5 nitrogen and oxygen atoms in total. The second kappa shape index (κ2) is 7.14. The molecule has 1 aromatic heterocycles. The highest BCUT2D eigenvalue weighted by atomic mass is 19.1. The number of hydrogen-bond acceptors (Lipinski definition) is 3. The van der Waals surface area contributed by atoms with Crippen LogP contribution in [0.5, 0.6) is 5.75 Å². The normalized spacial score (nSPS) is 16.2. The molecule has 1 atom stereocenters. The first kappa shape index (κ1) is 21.0. The van der Waals surface area contributed by atoms with Crippen LogP contribution < -0.4 is 0 Å². The van der Waals surface area contributed by atoms with Crippen molar-refractivity contribution in [1.82, 2.24) is 4.57 Å². The molecule has 1 heterocycles. The average Bonchev–Trinajstić information content (AvgIpc) is 2.96. The molecule has 0 unspecified atom stereocenters. The number of aromatic nitrogens is 1. The molecule has 162 valence electrons. The molecule has 4 rings (SSSR count). The van der Waals surface area contributed by atoms with Crippen LogP contribution in [0.4, 0.5) is 13.2 Å². The smallest absolute Gasteiger partial charge is 0.314 e. The molecule has 0 radical (unpaired) electrons. The molecule has 1 saturated carbocycles. The summed E-state index contributed by atoms with van der Waals surface area (Å²) in [6, 6.07) is 5.62. The Balaban J connectivity index is 2.11. The Morgan fingerprint density at radius 3 is 2.39 bits per heavy atom. The van der Waals surface area contributed by atoms with E-state index >= 15 is 4.39 Å². The van der Waals surface area contributed by atoms with E-state index < -0.39 is 40.5 Å². The topological polar surface area (TPSA) is 79.5 Å². The van der Waals surface area contributed by atoms with Gasteiger partial charge in [-0.05, 0) is 50.8 Å². The number of fused-ring (bicyclic) bond motifs is 1. The van der Waals surface area contributed by atoms with Crippen LogP contribution in [0.1, 0.15) is 47.8 Å². The lowest BCUT2D eigenvalue weighted by molar-refractivity contribution is -0.146. The quantitative estimate of drug-likeness (QED) is 0.616. The number of nitrogens with zero attached hydrogens (tertiary/aromatic N) is 1. The van der Waals surface area contributed by atoms with Gasteiger partial charge in [0.2, 0.25) is 0 Å². The predicted octanol–water partition coefficient (Wildman–Crippen LogP) is 4.90. The minimum atomic E-state index is -1.57. The zero-order valence-electron chi connectivity index (χ0n) is 16.9. The number of phenolic OH excluding ortho intramolecular Hbond substituents is 1. The third-order valence-electron chi connectivity index (χ3n) is 6.52. The van der Waals surface area contributed by atoms with Crippen molar-refractivity contribution in [2.45, 2.75) is 38.5 Å². The molecular formula is C23H20F3NO4. The molecule has 0 aliphatic heterocycles. The highest BCUT2D eigenvalue weighted by Crippen LogP contribution is 2.49. The minimum Gasteiger partial charge on any atom is -0.503 e. The Morgan fingerprint density at radius 1 is 1.16 bits per heavy atom. The molecule has 0 amide bonds. The number of aliphatic carboxylic acids is 1. The zero-order valence-corrected chi connectivity index (χ0v) is 16.9. The average molecular weight is 431 g/mol. The number of benzene rings is 2. The van der Waals surface area contributed by atoms with E-state index in [9.17, 15) is 28.6 Å². The zero-order chi connectivity index (χ0) is 22.7. The molecule has 3 aromatic rings. The summed E-state index contributed by atoms with van der Waals surface area (Å²) in [6.07, 6.45) is 2.01. The van der Waals surface area contributed by atoms with Gasteiger partial charge in [-0.3, -0.25) is 14.2 Å². The minimum absolute atomic E-state index is 0.0113. The molecule has 2 aromatic carbocycles. The number of carbonyl (C=O) groups excluding carboxylic acids is 1. The van der Waals surface area contributed by atoms with Gasteiger partial charge >= 0.3 is 5.97 Å². The first-order chi connectivity index (χ1) is 14.6. The summed E-state index contributed by atoms with van der Waals surface area (Å²) in [5, 5.41) is 19.7. The molecule has 1 aliphatic rings. The SMILES string of the molecule is Cc1c([C@](C)(C(=O)O)C2CCC2)c2c(F)c(O)c(F)cc2n1C(=O)c1cccc(F)c1. The highest BCUT2D eigenvalue weighted by Gasteiger charge is 2.49. The van der Waals surface area contributed by atoms with Crippen molar-refractivity contribution in [1.29, 1.82) is 0 Å². The van der Waals surface area contributed by atoms with E-state index in [1.807, 2.05) is 0 Å². The standard InChI is InChI=1S/C23H20F3NO4/c1-11-18(23(2,22(30)31)13-6-4-7-13)17-16(10-15(25)20(28)19(17)26)27(11)21(29)12-5-3-8-14(24)9-12/h3,5,8-10,13,28H,4,6-7H2,1-2H3,(H,30,31)/t23-/m1/s1. The van der Waals surface area contributed by atoms with Gasteiger partial charge in [-0.1, -0.05) is 12.5 Å². The molecule has 0 spiro atoms. The maximum atomic E-state index is 15.2. The summed E-state index contributed by atoms with van der Waals surface area (Å²) >= 11 is 0. The van der Waals surface area contributed by atoms with E-state index in [4.69, 9.17) is 0 Å². The summed E-state index contributed by atoms with van der Waals surface area (Å²) in [5.74, 6) is -6.82. The van der Waals surface area contributed by atoms with E-state index in [2.05, 4.69) is 0 Å². The van der Waals surface area contributed by atoms with Crippen LogP contribution >= 0.6 is 0 Å². The maximum absolute atomic E-state index is 15.2. The first-order valence-electron chi connectivity index (χ1n) is 9.85. The maximum Gasteiger partial charge on any atom is 0.314 e. The molecule has 1 aliphatic carbocycles. The number of carboxylic acid groups (broad SMARTS) is 1. The van der Waals surface area contributed by atoms with Gasteiger partial charge in [-0.15, -0.1) is 0 Å². The Bertz CT molecular complexity index is 1250. The van der Waals surface area contributed by atoms with Gasteiger partial charge in [0.05, 0.1) is 10.9 Å². The summed E-state index contributed by atoms with van der Waals surface area (Å²) in [4.78, 5) is 25.7. The number of hydrogen-bond donors (Lipinski definition) is 2. The number of carbonyl (C=O) groups is 2. The lowest BCUT2D eigenvalue weighted by Gasteiger charge is -2.40. The second-order valence-electron chi connectivity index (χ2n) is 8.16. The Morgan fingerprint density at radius 2 is 1.84 bits per heavy atom. The number of rotatable bonds is 4. The van der Waals surface area contributed by atoms with Crippen molar-refractivity contribution in [2.24, 2.45) is 5.92 Å². The molecule has 31 heavy (non-hydrogen) atoms. The van der Waals surface area contributed by atoms with Crippen molar-refractivity contribution >= 4 is 22.8 Å². The van der Waals surface area contributed by atoms with Gasteiger partial charge in [0.25, 0.3) is 5.91 Å². The van der Waals surface area contributed by atoms with E-state index in [-0.39, 0.29) is 33.6 Å². The van der Waals surface area contributed by atoms with Crippen LogP contribution in [-0.4, -0.2) is 26.7 Å².